The summed E-state index contributed by atoms with van der Waals surface area (Å²) in [4.78, 5) is 25.4. The van der Waals surface area contributed by atoms with Gasteiger partial charge in [-0.2, -0.15) is 0 Å². The quantitative estimate of drug-likeness (QED) is 0.922. The summed E-state index contributed by atoms with van der Waals surface area (Å²) in [7, 11) is 0. The summed E-state index contributed by atoms with van der Waals surface area (Å²) in [5.41, 5.74) is -0.0112. The summed E-state index contributed by atoms with van der Waals surface area (Å²) >= 11 is 6.01. The predicted molar refractivity (Wildman–Crippen MR) is 74.9 cm³/mol. The molecule has 1 aromatic carbocycles. The molecule has 4 nitrogen and oxygen atoms in total. The van der Waals surface area contributed by atoms with Gasteiger partial charge in [0.2, 0.25) is 0 Å². The minimum Gasteiger partial charge on any atom is -0.478 e. The van der Waals surface area contributed by atoms with Gasteiger partial charge >= 0.3 is 5.97 Å². The van der Waals surface area contributed by atoms with Crippen molar-refractivity contribution < 1.29 is 14.7 Å². The first-order valence-corrected chi connectivity index (χ1v) is 6.49. The molecular weight excluding hydrogens is 266 g/mol. The maximum atomic E-state index is 12.6. The molecule has 0 aliphatic carbocycles. The number of carbonyl (C=O) groups excluding carboxylic acids is 1. The highest BCUT2D eigenvalue weighted by atomic mass is 35.5. The summed E-state index contributed by atoms with van der Waals surface area (Å²) < 4.78 is 0. The maximum absolute atomic E-state index is 12.6. The van der Waals surface area contributed by atoms with Crippen molar-refractivity contribution in [3.8, 4) is 0 Å². The minimum atomic E-state index is -1.15. The van der Waals surface area contributed by atoms with E-state index in [4.69, 9.17) is 16.7 Å². The van der Waals surface area contributed by atoms with Gasteiger partial charge in [0.05, 0.1) is 16.1 Å². The lowest BCUT2D eigenvalue weighted by atomic mass is 10.0. The van der Waals surface area contributed by atoms with E-state index in [2.05, 4.69) is 0 Å². The molecule has 104 valence electrons. The molecule has 0 atom stereocenters. The highest BCUT2D eigenvalue weighted by Gasteiger charge is 2.27. The Balaban J connectivity index is 3.36. The van der Waals surface area contributed by atoms with E-state index in [9.17, 15) is 9.59 Å². The number of carboxylic acid groups (broad SMARTS) is 1. The summed E-state index contributed by atoms with van der Waals surface area (Å²) in [6, 6.07) is 4.37. The second-order valence-electron chi connectivity index (χ2n) is 4.87. The minimum absolute atomic E-state index is 0.0367. The van der Waals surface area contributed by atoms with Crippen molar-refractivity contribution in [1.29, 1.82) is 0 Å². The third-order valence-electron chi connectivity index (χ3n) is 2.81. The Morgan fingerprint density at radius 2 is 1.68 bits per heavy atom. The van der Waals surface area contributed by atoms with Gasteiger partial charge in [0.1, 0.15) is 0 Å². The van der Waals surface area contributed by atoms with Crippen LogP contribution >= 0.6 is 11.6 Å². The van der Waals surface area contributed by atoms with Gasteiger partial charge in [-0.3, -0.25) is 4.79 Å². The molecular formula is C14H18ClNO3. The van der Waals surface area contributed by atoms with E-state index in [-0.39, 0.29) is 34.1 Å². The average molecular weight is 284 g/mol. The molecule has 0 spiro atoms. The molecule has 0 radical (unpaired) electrons. The summed E-state index contributed by atoms with van der Waals surface area (Å²) in [5, 5.41) is 9.33. The van der Waals surface area contributed by atoms with Crippen molar-refractivity contribution in [1.82, 2.24) is 4.90 Å². The van der Waals surface area contributed by atoms with E-state index < -0.39 is 5.97 Å². The average Bonchev–Trinajstić information content (AvgIpc) is 2.26. The van der Waals surface area contributed by atoms with Gasteiger partial charge in [0.15, 0.2) is 0 Å². The zero-order valence-electron chi connectivity index (χ0n) is 11.5. The molecule has 5 heteroatoms. The Hall–Kier alpha value is -1.55. The Morgan fingerprint density at radius 1 is 1.16 bits per heavy atom. The van der Waals surface area contributed by atoms with Crippen LogP contribution in [-0.4, -0.2) is 34.0 Å². The lowest BCUT2D eigenvalue weighted by Crippen LogP contribution is -2.42. The normalized spacial score (nSPS) is 10.9. The monoisotopic (exact) mass is 283 g/mol. The summed E-state index contributed by atoms with van der Waals surface area (Å²) in [5.74, 6) is -1.51. The van der Waals surface area contributed by atoms with E-state index in [0.29, 0.717) is 0 Å². The molecule has 0 saturated carbocycles. The van der Waals surface area contributed by atoms with Gasteiger partial charge in [0, 0.05) is 12.1 Å². The van der Waals surface area contributed by atoms with Crippen LogP contribution in [0.1, 0.15) is 48.4 Å². The van der Waals surface area contributed by atoms with Crippen molar-refractivity contribution in [3.05, 3.63) is 34.3 Å². The second-order valence-corrected chi connectivity index (χ2v) is 5.27. The number of rotatable bonds is 4. The molecule has 0 aliphatic heterocycles. The standard InChI is InChI=1S/C14H18ClNO3/c1-8(2)16(9(3)4)13(17)12-10(14(18)19)6-5-7-11(12)15/h5-9H,1-4H3,(H,18,19). The van der Waals surface area contributed by atoms with Gasteiger partial charge in [-0.1, -0.05) is 17.7 Å². The zero-order chi connectivity index (χ0) is 14.7. The first-order valence-electron chi connectivity index (χ1n) is 6.11. The highest BCUT2D eigenvalue weighted by Crippen LogP contribution is 2.24. The van der Waals surface area contributed by atoms with E-state index >= 15 is 0 Å². The lowest BCUT2D eigenvalue weighted by molar-refractivity contribution is 0.0619. The van der Waals surface area contributed by atoms with Crippen LogP contribution in [0, 0.1) is 0 Å². The van der Waals surface area contributed by atoms with Crippen LogP contribution in [-0.2, 0) is 0 Å². The molecule has 0 aliphatic rings. The number of aromatic carboxylic acids is 1. The van der Waals surface area contributed by atoms with Gasteiger partial charge in [-0.25, -0.2) is 4.79 Å². The molecule has 0 bridgehead atoms. The molecule has 1 N–H and O–H groups in total. The molecule has 0 saturated heterocycles. The van der Waals surface area contributed by atoms with Gasteiger partial charge in [-0.05, 0) is 39.8 Å². The van der Waals surface area contributed by atoms with Crippen LogP contribution in [0.15, 0.2) is 18.2 Å². The van der Waals surface area contributed by atoms with Gasteiger partial charge in [-0.15, -0.1) is 0 Å². The van der Waals surface area contributed by atoms with Crippen LogP contribution in [0.3, 0.4) is 0 Å². The van der Waals surface area contributed by atoms with Crippen LogP contribution in [0.2, 0.25) is 5.02 Å². The Bertz CT molecular complexity index is 489. The molecule has 0 aromatic heterocycles. The number of carbonyl (C=O) groups is 2. The predicted octanol–water partition coefficient (Wildman–Crippen LogP) is 3.30. The smallest absolute Gasteiger partial charge is 0.336 e. The van der Waals surface area contributed by atoms with Crippen molar-refractivity contribution >= 4 is 23.5 Å². The number of halogens is 1. The molecule has 0 heterocycles. The summed E-state index contributed by atoms with van der Waals surface area (Å²) in [6.07, 6.45) is 0. The van der Waals surface area contributed by atoms with E-state index in [1.54, 1.807) is 4.90 Å². The number of benzene rings is 1. The third-order valence-corrected chi connectivity index (χ3v) is 3.12. The van der Waals surface area contributed by atoms with Crippen LogP contribution < -0.4 is 0 Å². The number of hydrogen-bond acceptors (Lipinski definition) is 2. The third kappa shape index (κ3) is 3.26. The van der Waals surface area contributed by atoms with Gasteiger partial charge < -0.3 is 10.0 Å². The summed E-state index contributed by atoms with van der Waals surface area (Å²) in [6.45, 7) is 7.54. The Labute approximate surface area is 118 Å². The van der Waals surface area contributed by atoms with Gasteiger partial charge in [0.25, 0.3) is 5.91 Å². The van der Waals surface area contributed by atoms with Crippen molar-refractivity contribution in [2.75, 3.05) is 0 Å². The topological polar surface area (TPSA) is 57.6 Å². The zero-order valence-corrected chi connectivity index (χ0v) is 12.2. The van der Waals surface area contributed by atoms with Crippen LogP contribution in [0.4, 0.5) is 0 Å². The molecule has 1 rings (SSSR count). The van der Waals surface area contributed by atoms with Crippen molar-refractivity contribution in [2.24, 2.45) is 0 Å². The van der Waals surface area contributed by atoms with Crippen LogP contribution in [0.5, 0.6) is 0 Å². The lowest BCUT2D eigenvalue weighted by Gasteiger charge is -2.31. The van der Waals surface area contributed by atoms with Crippen molar-refractivity contribution in [3.63, 3.8) is 0 Å². The van der Waals surface area contributed by atoms with Crippen LogP contribution in [0.25, 0.3) is 0 Å². The fourth-order valence-electron chi connectivity index (χ4n) is 2.11. The number of carboxylic acids is 1. The first kappa shape index (κ1) is 15.5. The second kappa shape index (κ2) is 6.06. The largest absolute Gasteiger partial charge is 0.478 e. The fraction of sp³-hybridized carbons (Fsp3) is 0.429. The fourth-order valence-corrected chi connectivity index (χ4v) is 2.37. The van der Waals surface area contributed by atoms with Crippen molar-refractivity contribution in [2.45, 2.75) is 39.8 Å². The number of amides is 1. The molecule has 1 amide bonds. The first-order chi connectivity index (χ1) is 8.77. The van der Waals surface area contributed by atoms with E-state index in [1.165, 1.54) is 18.2 Å². The molecule has 0 unspecified atom stereocenters. The Kier molecular flexibility index (Phi) is 4.95. The molecule has 19 heavy (non-hydrogen) atoms. The number of nitrogens with zero attached hydrogens (tertiary/aromatic N) is 1. The Morgan fingerprint density at radius 3 is 2.11 bits per heavy atom. The number of hydrogen-bond donors (Lipinski definition) is 1. The highest BCUT2D eigenvalue weighted by molar-refractivity contribution is 6.34. The van der Waals surface area contributed by atoms with E-state index in [1.807, 2.05) is 27.7 Å². The maximum Gasteiger partial charge on any atom is 0.336 e. The SMILES string of the molecule is CC(C)N(C(=O)c1c(Cl)cccc1C(=O)O)C(C)C. The van der Waals surface area contributed by atoms with E-state index in [0.717, 1.165) is 0 Å². The molecule has 1 aromatic rings. The molecule has 0 fully saturated rings.